The highest BCUT2D eigenvalue weighted by molar-refractivity contribution is 9.10. The topological polar surface area (TPSA) is 89.8 Å². The number of hydrogen-bond acceptors (Lipinski definition) is 8. The van der Waals surface area contributed by atoms with Crippen molar-refractivity contribution in [1.29, 1.82) is 0 Å². The summed E-state index contributed by atoms with van der Waals surface area (Å²) in [5.74, 6) is 0.754. The van der Waals surface area contributed by atoms with Crippen LogP contribution in [0.2, 0.25) is 0 Å². The van der Waals surface area contributed by atoms with Crippen molar-refractivity contribution in [3.8, 4) is 5.69 Å². The van der Waals surface area contributed by atoms with Gasteiger partial charge in [0.15, 0.2) is 5.16 Å². The van der Waals surface area contributed by atoms with Crippen LogP contribution in [0.3, 0.4) is 0 Å². The van der Waals surface area contributed by atoms with Gasteiger partial charge in [0.25, 0.3) is 5.56 Å². The first-order chi connectivity index (χ1) is 13.5. The molecular weight excluding hydrogens is 482 g/mol. The summed E-state index contributed by atoms with van der Waals surface area (Å²) in [6, 6.07) is 7.46. The van der Waals surface area contributed by atoms with Crippen LogP contribution in [0.1, 0.15) is 10.7 Å². The van der Waals surface area contributed by atoms with Crippen LogP contribution in [0.25, 0.3) is 5.69 Å². The predicted octanol–water partition coefficient (Wildman–Crippen LogP) is 3.53. The molecule has 1 N–H and O–H groups in total. The first-order valence-corrected chi connectivity index (χ1v) is 11.9. The Morgan fingerprint density at radius 2 is 2.11 bits per heavy atom. The molecule has 3 aromatic rings. The van der Waals surface area contributed by atoms with Crippen LogP contribution in [0, 0.1) is 6.92 Å². The number of nitrogens with zero attached hydrogens (tertiary/aromatic N) is 4. The number of carbonyl (C=O) groups is 1. The molecule has 0 unspecified atom stereocenters. The van der Waals surface area contributed by atoms with Gasteiger partial charge in [-0.25, -0.2) is 4.98 Å². The van der Waals surface area contributed by atoms with E-state index in [1.807, 2.05) is 31.2 Å². The highest BCUT2D eigenvalue weighted by Crippen LogP contribution is 2.30. The number of nitrogens with one attached hydrogen (secondary N) is 1. The normalized spacial score (nSPS) is 12.8. The lowest BCUT2D eigenvalue weighted by molar-refractivity contribution is -0.113. The van der Waals surface area contributed by atoms with E-state index in [1.165, 1.54) is 34.9 Å². The molecule has 0 bridgehead atoms. The quantitative estimate of drug-likeness (QED) is 0.427. The molecule has 3 heterocycles. The van der Waals surface area contributed by atoms with Gasteiger partial charge in [0.1, 0.15) is 5.01 Å². The molecule has 4 rings (SSSR count). The number of benzene rings is 1. The van der Waals surface area contributed by atoms with E-state index in [0.717, 1.165) is 33.0 Å². The summed E-state index contributed by atoms with van der Waals surface area (Å²) in [7, 11) is 0. The van der Waals surface area contributed by atoms with Crippen LogP contribution in [0.4, 0.5) is 5.13 Å². The molecule has 0 spiro atoms. The summed E-state index contributed by atoms with van der Waals surface area (Å²) in [5.41, 5.74) is 1.45. The van der Waals surface area contributed by atoms with Crippen LogP contribution in [0.15, 0.2) is 43.6 Å². The van der Waals surface area contributed by atoms with Crippen LogP contribution in [-0.4, -0.2) is 37.2 Å². The zero-order chi connectivity index (χ0) is 19.7. The Kier molecular flexibility index (Phi) is 5.85. The van der Waals surface area contributed by atoms with E-state index in [1.54, 1.807) is 4.57 Å². The molecule has 0 atom stereocenters. The number of anilines is 1. The molecule has 1 aliphatic heterocycles. The Morgan fingerprint density at radius 3 is 2.82 bits per heavy atom. The van der Waals surface area contributed by atoms with Crippen molar-refractivity contribution in [3.63, 3.8) is 0 Å². The van der Waals surface area contributed by atoms with Gasteiger partial charge in [0, 0.05) is 16.6 Å². The highest BCUT2D eigenvalue weighted by atomic mass is 79.9. The molecule has 0 fully saturated rings. The van der Waals surface area contributed by atoms with E-state index in [-0.39, 0.29) is 17.2 Å². The average Bonchev–Trinajstić information content (AvgIpc) is 3.30. The van der Waals surface area contributed by atoms with Crippen molar-refractivity contribution < 1.29 is 4.79 Å². The number of carbonyl (C=O) groups excluding carboxylic acids is 1. The Labute approximate surface area is 181 Å². The number of amides is 1. The van der Waals surface area contributed by atoms with Gasteiger partial charge in [-0.1, -0.05) is 39.0 Å². The fraction of sp³-hybridized carbons (Fsp3) is 0.235. The third-order valence-corrected chi connectivity index (χ3v) is 7.18. The summed E-state index contributed by atoms with van der Waals surface area (Å²) in [4.78, 5) is 30.7. The molecule has 0 saturated carbocycles. The number of aryl methyl sites for hydroxylation is 2. The van der Waals surface area contributed by atoms with Crippen molar-refractivity contribution in [2.45, 2.75) is 23.4 Å². The monoisotopic (exact) mass is 495 g/mol. The molecule has 0 saturated heterocycles. The number of fused-ring (bicyclic) bond motifs is 1. The Bertz CT molecular complexity index is 1100. The molecule has 7 nitrogen and oxygen atoms in total. The van der Waals surface area contributed by atoms with E-state index < -0.39 is 0 Å². The van der Waals surface area contributed by atoms with Gasteiger partial charge < -0.3 is 0 Å². The van der Waals surface area contributed by atoms with Crippen molar-refractivity contribution >= 4 is 61.8 Å². The van der Waals surface area contributed by atoms with Crippen molar-refractivity contribution in [3.05, 3.63) is 49.8 Å². The van der Waals surface area contributed by atoms with Crippen LogP contribution >= 0.6 is 50.8 Å². The minimum Gasteiger partial charge on any atom is -0.300 e. The fourth-order valence-electron chi connectivity index (χ4n) is 2.64. The van der Waals surface area contributed by atoms with E-state index in [0.29, 0.717) is 15.2 Å². The van der Waals surface area contributed by atoms with Crippen molar-refractivity contribution in [2.75, 3.05) is 16.8 Å². The minimum atomic E-state index is -0.215. The van der Waals surface area contributed by atoms with Crippen molar-refractivity contribution in [2.24, 2.45) is 0 Å². The Balaban J connectivity index is 1.62. The minimum absolute atomic E-state index is 0.0857. The summed E-state index contributed by atoms with van der Waals surface area (Å²) in [6.07, 6.45) is 0.764. The van der Waals surface area contributed by atoms with E-state index in [2.05, 4.69) is 36.4 Å². The second-order valence-corrected chi connectivity index (χ2v) is 9.99. The second-order valence-electron chi connectivity index (χ2n) is 5.85. The number of thioether (sulfide) groups is 2. The number of halogens is 1. The average molecular weight is 496 g/mol. The molecule has 1 aliphatic rings. The second kappa shape index (κ2) is 8.36. The summed E-state index contributed by atoms with van der Waals surface area (Å²) >= 11 is 7.50. The van der Waals surface area contributed by atoms with Crippen molar-refractivity contribution in [1.82, 2.24) is 19.7 Å². The molecule has 0 aliphatic carbocycles. The highest BCUT2D eigenvalue weighted by Gasteiger charge is 2.23. The van der Waals surface area contributed by atoms with Gasteiger partial charge in [0.05, 0.1) is 22.0 Å². The molecule has 0 radical (unpaired) electrons. The van der Waals surface area contributed by atoms with E-state index >= 15 is 0 Å². The maximum atomic E-state index is 13.1. The van der Waals surface area contributed by atoms with Gasteiger partial charge in [-0.2, -0.15) is 0 Å². The largest absolute Gasteiger partial charge is 0.300 e. The molecule has 1 amide bonds. The smallest absolute Gasteiger partial charge is 0.272 e. The summed E-state index contributed by atoms with van der Waals surface area (Å²) in [6.45, 7) is 1.82. The lowest BCUT2D eigenvalue weighted by Crippen LogP contribution is -2.24. The Morgan fingerprint density at radius 1 is 1.32 bits per heavy atom. The standard InChI is InChI=1S/C17H14BrN5O2S3/c1-9-21-22-16(28-9)20-13(24)8-27-17-19-12-6-7-26-14(12)15(25)23(17)11-4-2-10(18)3-5-11/h2-5H,6-8H2,1H3,(H,20,22,24). The maximum Gasteiger partial charge on any atom is 0.272 e. The van der Waals surface area contributed by atoms with Crippen LogP contribution < -0.4 is 10.9 Å². The van der Waals surface area contributed by atoms with Gasteiger partial charge in [-0.15, -0.1) is 22.0 Å². The lowest BCUT2D eigenvalue weighted by atomic mass is 10.3. The zero-order valence-electron chi connectivity index (χ0n) is 14.6. The summed E-state index contributed by atoms with van der Waals surface area (Å²) in [5, 5.41) is 12.3. The first-order valence-electron chi connectivity index (χ1n) is 8.28. The third-order valence-electron chi connectivity index (χ3n) is 3.86. The molecular formula is C17H14BrN5O2S3. The van der Waals surface area contributed by atoms with Gasteiger partial charge in [-0.05, 0) is 31.2 Å². The SMILES string of the molecule is Cc1nnc(NC(=O)CSc2nc3c(c(=O)n2-c2ccc(Br)cc2)SCC3)s1. The van der Waals surface area contributed by atoms with Crippen LogP contribution in [0.5, 0.6) is 0 Å². The molecule has 11 heteroatoms. The lowest BCUT2D eigenvalue weighted by Gasteiger charge is -2.13. The third kappa shape index (κ3) is 4.17. The number of aromatic nitrogens is 4. The van der Waals surface area contributed by atoms with E-state index in [4.69, 9.17) is 0 Å². The maximum absolute atomic E-state index is 13.1. The molecule has 2 aromatic heterocycles. The number of rotatable bonds is 5. The zero-order valence-corrected chi connectivity index (χ0v) is 18.7. The fourth-order valence-corrected chi connectivity index (χ4v) is 5.36. The first kappa shape index (κ1) is 19.6. The summed E-state index contributed by atoms with van der Waals surface area (Å²) < 4.78 is 2.50. The van der Waals surface area contributed by atoms with Gasteiger partial charge >= 0.3 is 0 Å². The molecule has 1 aromatic carbocycles. The Hall–Kier alpha value is -1.69. The van der Waals surface area contributed by atoms with E-state index in [9.17, 15) is 9.59 Å². The van der Waals surface area contributed by atoms with Gasteiger partial charge in [0.2, 0.25) is 11.0 Å². The predicted molar refractivity (Wildman–Crippen MR) is 116 cm³/mol. The van der Waals surface area contributed by atoms with Crippen LogP contribution in [-0.2, 0) is 11.2 Å². The van der Waals surface area contributed by atoms with Gasteiger partial charge in [-0.3, -0.25) is 19.5 Å². The number of hydrogen-bond donors (Lipinski definition) is 1. The molecule has 28 heavy (non-hydrogen) atoms. The molecule has 144 valence electrons.